The Hall–Kier alpha value is -0.120. The lowest BCUT2D eigenvalue weighted by Crippen LogP contribution is -2.60. The topological polar surface area (TPSA) is 41.5 Å². The molecule has 70 valence electrons. The van der Waals surface area contributed by atoms with Crippen LogP contribution in [0.1, 0.15) is 19.3 Å². The Kier molecular flexibility index (Phi) is 2.35. The molecule has 0 radical (unpaired) electrons. The van der Waals surface area contributed by atoms with Gasteiger partial charge in [0.2, 0.25) is 0 Å². The largest absolute Gasteiger partial charge is 0.387 e. The lowest BCUT2D eigenvalue weighted by molar-refractivity contribution is -0.0529. The van der Waals surface area contributed by atoms with Crippen LogP contribution in [-0.2, 0) is 4.74 Å². The van der Waals surface area contributed by atoms with Gasteiger partial charge in [-0.3, -0.25) is 0 Å². The van der Waals surface area contributed by atoms with E-state index < -0.39 is 5.60 Å². The van der Waals surface area contributed by atoms with Crippen LogP contribution in [0.15, 0.2) is 0 Å². The summed E-state index contributed by atoms with van der Waals surface area (Å²) in [6, 6.07) is 0. The molecule has 2 aliphatic rings. The van der Waals surface area contributed by atoms with Crippen LogP contribution in [-0.4, -0.2) is 37.0 Å². The van der Waals surface area contributed by atoms with Gasteiger partial charge in [-0.25, -0.2) is 0 Å². The molecule has 12 heavy (non-hydrogen) atoms. The van der Waals surface area contributed by atoms with Crippen molar-refractivity contribution < 1.29 is 9.84 Å². The molecule has 0 aromatic carbocycles. The number of aliphatic hydroxyl groups is 1. The van der Waals surface area contributed by atoms with Gasteiger partial charge < -0.3 is 15.2 Å². The van der Waals surface area contributed by atoms with E-state index in [0.717, 1.165) is 39.1 Å². The number of ether oxygens (including phenoxy) is 1. The summed E-state index contributed by atoms with van der Waals surface area (Å²) in [5.41, 5.74) is -0.411. The summed E-state index contributed by atoms with van der Waals surface area (Å²) >= 11 is 0. The van der Waals surface area contributed by atoms with Crippen LogP contribution >= 0.6 is 0 Å². The van der Waals surface area contributed by atoms with E-state index in [1.807, 2.05) is 0 Å². The third-order valence-electron chi connectivity index (χ3n) is 2.83. The zero-order chi connectivity index (χ0) is 8.44. The van der Waals surface area contributed by atoms with Crippen LogP contribution in [0.4, 0.5) is 0 Å². The quantitative estimate of drug-likeness (QED) is 0.621. The number of hydrogen-bond donors (Lipinski definition) is 2. The lowest BCUT2D eigenvalue weighted by Gasteiger charge is -2.40. The van der Waals surface area contributed by atoms with E-state index in [1.54, 1.807) is 0 Å². The molecule has 2 heterocycles. The first kappa shape index (κ1) is 8.48. The smallest absolute Gasteiger partial charge is 0.0898 e. The average Bonchev–Trinajstić information content (AvgIpc) is 2.04. The van der Waals surface area contributed by atoms with Crippen LogP contribution in [0.3, 0.4) is 0 Å². The van der Waals surface area contributed by atoms with Gasteiger partial charge in [0.1, 0.15) is 0 Å². The van der Waals surface area contributed by atoms with Crippen LogP contribution in [0, 0.1) is 5.92 Å². The predicted molar refractivity (Wildman–Crippen MR) is 46.0 cm³/mol. The minimum Gasteiger partial charge on any atom is -0.387 e. The minimum atomic E-state index is -0.411. The molecule has 2 N–H and O–H groups in total. The van der Waals surface area contributed by atoms with Crippen molar-refractivity contribution in [3.05, 3.63) is 0 Å². The molecule has 0 saturated carbocycles. The van der Waals surface area contributed by atoms with Crippen molar-refractivity contribution in [1.82, 2.24) is 5.32 Å². The minimum absolute atomic E-state index is 0.411. The zero-order valence-electron chi connectivity index (χ0n) is 7.38. The van der Waals surface area contributed by atoms with E-state index in [4.69, 9.17) is 4.74 Å². The first-order valence-corrected chi connectivity index (χ1v) is 4.79. The third-order valence-corrected chi connectivity index (χ3v) is 2.83. The second-order valence-corrected chi connectivity index (χ2v) is 4.12. The zero-order valence-corrected chi connectivity index (χ0v) is 7.38. The third kappa shape index (κ3) is 1.79. The molecule has 0 amide bonds. The summed E-state index contributed by atoms with van der Waals surface area (Å²) in [5.74, 6) is 0.589. The normalized spacial score (nSPS) is 34.2. The molecule has 0 aliphatic carbocycles. The molecule has 2 aliphatic heterocycles. The van der Waals surface area contributed by atoms with Crippen LogP contribution < -0.4 is 5.32 Å². The molecular formula is C9H17NO2. The molecule has 1 atom stereocenters. The van der Waals surface area contributed by atoms with E-state index in [9.17, 15) is 5.11 Å². The van der Waals surface area contributed by atoms with Crippen molar-refractivity contribution in [3.8, 4) is 0 Å². The van der Waals surface area contributed by atoms with Gasteiger partial charge in [-0.05, 0) is 25.2 Å². The molecule has 2 rings (SSSR count). The molecular weight excluding hydrogens is 154 g/mol. The summed E-state index contributed by atoms with van der Waals surface area (Å²) in [5, 5.41) is 12.9. The Labute approximate surface area is 73.1 Å². The molecule has 1 unspecified atom stereocenters. The average molecular weight is 171 g/mol. The number of β-amino-alcohol motifs (C(OH)–C–C–N with tert-alkyl or cyclic N) is 1. The van der Waals surface area contributed by atoms with Crippen molar-refractivity contribution in [2.45, 2.75) is 24.9 Å². The van der Waals surface area contributed by atoms with E-state index >= 15 is 0 Å². The second kappa shape index (κ2) is 3.32. The first-order valence-electron chi connectivity index (χ1n) is 4.79. The van der Waals surface area contributed by atoms with Gasteiger partial charge in [0.15, 0.2) is 0 Å². The van der Waals surface area contributed by atoms with Gasteiger partial charge in [-0.1, -0.05) is 0 Å². The molecule has 3 nitrogen and oxygen atoms in total. The van der Waals surface area contributed by atoms with Crippen molar-refractivity contribution >= 4 is 0 Å². The number of nitrogens with one attached hydrogen (secondary N) is 1. The van der Waals surface area contributed by atoms with Crippen molar-refractivity contribution in [2.24, 2.45) is 5.92 Å². The molecule has 0 aromatic heterocycles. The summed E-state index contributed by atoms with van der Waals surface area (Å²) < 4.78 is 5.37. The van der Waals surface area contributed by atoms with E-state index in [1.165, 1.54) is 6.42 Å². The van der Waals surface area contributed by atoms with E-state index in [-0.39, 0.29) is 0 Å². The van der Waals surface area contributed by atoms with Crippen LogP contribution in [0.25, 0.3) is 0 Å². The predicted octanol–water partition coefficient (Wildman–Crippen LogP) is 0.137. The molecule has 2 saturated heterocycles. The Morgan fingerprint density at radius 3 is 2.83 bits per heavy atom. The fourth-order valence-electron chi connectivity index (χ4n) is 2.06. The summed E-state index contributed by atoms with van der Waals surface area (Å²) in [7, 11) is 0. The van der Waals surface area contributed by atoms with Gasteiger partial charge in [0.25, 0.3) is 0 Å². The van der Waals surface area contributed by atoms with Gasteiger partial charge >= 0.3 is 0 Å². The highest BCUT2D eigenvalue weighted by Gasteiger charge is 2.36. The van der Waals surface area contributed by atoms with Gasteiger partial charge in [-0.2, -0.15) is 0 Å². The fourth-order valence-corrected chi connectivity index (χ4v) is 2.06. The van der Waals surface area contributed by atoms with Gasteiger partial charge in [-0.15, -0.1) is 0 Å². The Bertz CT molecular complexity index is 151. The maximum absolute atomic E-state index is 9.84. The monoisotopic (exact) mass is 171 g/mol. The van der Waals surface area contributed by atoms with Crippen LogP contribution in [0.2, 0.25) is 0 Å². The lowest BCUT2D eigenvalue weighted by atomic mass is 9.83. The van der Waals surface area contributed by atoms with Gasteiger partial charge in [0.05, 0.1) is 5.60 Å². The Balaban J connectivity index is 1.77. The highest BCUT2D eigenvalue weighted by atomic mass is 16.5. The summed E-state index contributed by atoms with van der Waals surface area (Å²) in [6.07, 6.45) is 3.30. The summed E-state index contributed by atoms with van der Waals surface area (Å²) in [6.45, 7) is 3.29. The highest BCUT2D eigenvalue weighted by molar-refractivity contribution is 4.94. The SMILES string of the molecule is OC1(CC2CCCOC2)CNC1. The van der Waals surface area contributed by atoms with Crippen molar-refractivity contribution in [1.29, 1.82) is 0 Å². The second-order valence-electron chi connectivity index (χ2n) is 4.12. The van der Waals surface area contributed by atoms with Gasteiger partial charge in [0, 0.05) is 26.3 Å². The van der Waals surface area contributed by atoms with E-state index in [2.05, 4.69) is 5.32 Å². The first-order chi connectivity index (χ1) is 5.79. The van der Waals surface area contributed by atoms with Crippen molar-refractivity contribution in [2.75, 3.05) is 26.3 Å². The number of hydrogen-bond acceptors (Lipinski definition) is 3. The molecule has 0 spiro atoms. The molecule has 0 bridgehead atoms. The standard InChI is InChI=1S/C9H17NO2/c11-9(6-10-7-9)4-8-2-1-3-12-5-8/h8,10-11H,1-7H2. The van der Waals surface area contributed by atoms with Crippen LogP contribution in [0.5, 0.6) is 0 Å². The Morgan fingerprint density at radius 2 is 2.33 bits per heavy atom. The Morgan fingerprint density at radius 1 is 1.50 bits per heavy atom. The number of rotatable bonds is 2. The highest BCUT2D eigenvalue weighted by Crippen LogP contribution is 2.26. The van der Waals surface area contributed by atoms with Crippen molar-refractivity contribution in [3.63, 3.8) is 0 Å². The molecule has 3 heteroatoms. The fraction of sp³-hybridized carbons (Fsp3) is 1.00. The maximum Gasteiger partial charge on any atom is 0.0898 e. The maximum atomic E-state index is 9.84. The molecule has 2 fully saturated rings. The summed E-state index contributed by atoms with van der Waals surface area (Å²) in [4.78, 5) is 0. The molecule has 0 aromatic rings. The van der Waals surface area contributed by atoms with E-state index in [0.29, 0.717) is 5.92 Å².